The Morgan fingerprint density at radius 1 is 0.875 bits per heavy atom. The number of benzene rings is 1. The number of ether oxygens (including phenoxy) is 2. The molecule has 0 amide bonds. The van der Waals surface area contributed by atoms with E-state index in [1.165, 1.54) is 67.6 Å². The van der Waals surface area contributed by atoms with Crippen LogP contribution in [0.5, 0.6) is 5.75 Å². The van der Waals surface area contributed by atoms with Crippen molar-refractivity contribution >= 4 is 24.3 Å². The fraction of sp³-hybridized carbons (Fsp3) is 0.667. The number of carbonyl (C=O) groups excluding carboxylic acids is 1. The van der Waals surface area contributed by atoms with Crippen molar-refractivity contribution in [2.45, 2.75) is 99.3 Å². The van der Waals surface area contributed by atoms with Crippen LogP contribution in [0.4, 0.5) is 4.39 Å². The van der Waals surface area contributed by atoms with Crippen molar-refractivity contribution in [3.63, 3.8) is 0 Å². The van der Waals surface area contributed by atoms with E-state index in [4.69, 9.17) is 9.47 Å². The molecule has 0 aliphatic carbocycles. The Kier molecular flexibility index (Phi) is 15.0. The van der Waals surface area contributed by atoms with E-state index in [1.54, 1.807) is 12.1 Å². The molecule has 0 bridgehead atoms. The van der Waals surface area contributed by atoms with Gasteiger partial charge in [-0.1, -0.05) is 0 Å². The van der Waals surface area contributed by atoms with Gasteiger partial charge in [0, 0.05) is 0 Å². The normalized spacial score (nSPS) is 12.4. The van der Waals surface area contributed by atoms with Gasteiger partial charge in [0.15, 0.2) is 0 Å². The zero-order valence-corrected chi connectivity index (χ0v) is 24.0. The minimum absolute atomic E-state index is 0.127. The Balaban J connectivity index is 3.10. The van der Waals surface area contributed by atoms with Crippen molar-refractivity contribution < 1.29 is 18.7 Å². The van der Waals surface area contributed by atoms with Crippen LogP contribution in [0.2, 0.25) is 13.3 Å². The van der Waals surface area contributed by atoms with E-state index in [1.807, 2.05) is 6.92 Å². The molecular weight excluding hydrogens is 510 g/mol. The van der Waals surface area contributed by atoms with E-state index in [0.29, 0.717) is 25.4 Å². The molecule has 32 heavy (non-hydrogen) atoms. The Morgan fingerprint density at radius 3 is 1.88 bits per heavy atom. The monoisotopic (exact) mass is 556 g/mol. The third-order valence-electron chi connectivity index (χ3n) is 6.45. The Morgan fingerprint density at radius 2 is 1.41 bits per heavy atom. The first-order valence-corrected chi connectivity index (χ1v) is 20.2. The van der Waals surface area contributed by atoms with Crippen LogP contribution in [0.1, 0.15) is 86.0 Å². The molecule has 0 N–H and O–H groups in total. The predicted molar refractivity (Wildman–Crippen MR) is 135 cm³/mol. The van der Waals surface area contributed by atoms with E-state index in [-0.39, 0.29) is 11.8 Å². The molecule has 1 aromatic rings. The van der Waals surface area contributed by atoms with Gasteiger partial charge in [0.1, 0.15) is 0 Å². The van der Waals surface area contributed by atoms with Crippen molar-refractivity contribution in [2.24, 2.45) is 0 Å². The van der Waals surface area contributed by atoms with Crippen LogP contribution in [-0.4, -0.2) is 37.6 Å². The zero-order chi connectivity index (χ0) is 23.8. The maximum atomic E-state index is 13.1. The van der Waals surface area contributed by atoms with Crippen LogP contribution in [-0.2, 0) is 9.53 Å². The summed E-state index contributed by atoms with van der Waals surface area (Å²) in [6.45, 7) is 11.9. The number of esters is 1. The summed E-state index contributed by atoms with van der Waals surface area (Å²) < 4.78 is 29.9. The molecular formula is C27H45FO3Sn. The fourth-order valence-electron chi connectivity index (χ4n) is 4.43. The molecule has 0 saturated heterocycles. The van der Waals surface area contributed by atoms with Crippen LogP contribution >= 0.6 is 0 Å². The summed E-state index contributed by atoms with van der Waals surface area (Å²) in [5, 5.41) is 0. The maximum absolute atomic E-state index is 13.1. The molecule has 0 aliphatic rings. The Bertz CT molecular complexity index is 663. The van der Waals surface area contributed by atoms with Gasteiger partial charge in [-0.05, 0) is 0 Å². The van der Waals surface area contributed by atoms with Crippen LogP contribution in [0.3, 0.4) is 0 Å². The zero-order valence-electron chi connectivity index (χ0n) is 21.1. The van der Waals surface area contributed by atoms with Gasteiger partial charge in [-0.2, -0.15) is 0 Å². The SMILES string of the molecule is CCC[CH2][Sn]([CH2]CCC)([CH2]CCC)/[C](C)=C(/CCCOc1ccc(F)cc1)C(=O)OCC. The summed E-state index contributed by atoms with van der Waals surface area (Å²) in [5.74, 6) is 0.264. The first kappa shape index (κ1) is 29.0. The molecule has 1 rings (SSSR count). The van der Waals surface area contributed by atoms with Crippen molar-refractivity contribution in [1.82, 2.24) is 0 Å². The summed E-state index contributed by atoms with van der Waals surface area (Å²) in [6, 6.07) is 6.09. The van der Waals surface area contributed by atoms with Gasteiger partial charge in [-0.25, -0.2) is 0 Å². The summed E-state index contributed by atoms with van der Waals surface area (Å²) in [5.41, 5.74) is 0.925. The molecule has 5 heteroatoms. The van der Waals surface area contributed by atoms with Crippen molar-refractivity contribution in [3.05, 3.63) is 39.2 Å². The standard InChI is InChI=1S/C15H18FO3.3C4H9.Sn/c1-3-12(15(17)18-4-2)6-5-11-19-14-9-7-13(16)8-10-14;3*1-3-4-2;/h7-10H,4-6,11H2,1-2H3;3*1,3-4H2,2H3;. The summed E-state index contributed by atoms with van der Waals surface area (Å²) in [6.07, 6.45) is 8.88. The van der Waals surface area contributed by atoms with Crippen molar-refractivity contribution in [3.8, 4) is 5.75 Å². The topological polar surface area (TPSA) is 35.5 Å². The Hall–Kier alpha value is -1.04. The van der Waals surface area contributed by atoms with E-state index in [0.717, 1.165) is 12.0 Å². The van der Waals surface area contributed by atoms with Crippen LogP contribution in [0, 0.1) is 5.82 Å². The molecule has 0 aliphatic heterocycles. The fourth-order valence-corrected chi connectivity index (χ4v) is 21.1. The second kappa shape index (κ2) is 16.6. The molecule has 0 heterocycles. The molecule has 0 atom stereocenters. The van der Waals surface area contributed by atoms with E-state index < -0.39 is 18.4 Å². The van der Waals surface area contributed by atoms with Crippen molar-refractivity contribution in [1.29, 1.82) is 0 Å². The van der Waals surface area contributed by atoms with Gasteiger partial charge < -0.3 is 0 Å². The second-order valence-corrected chi connectivity index (χ2v) is 22.6. The number of allylic oxidation sites excluding steroid dienone is 1. The van der Waals surface area contributed by atoms with Gasteiger partial charge >= 0.3 is 201 Å². The third-order valence-corrected chi connectivity index (χ3v) is 23.1. The Labute approximate surface area is 200 Å². The molecule has 0 saturated carbocycles. The molecule has 0 radical (unpaired) electrons. The minimum atomic E-state index is -2.68. The quantitative estimate of drug-likeness (QED) is 0.0841. The van der Waals surface area contributed by atoms with Crippen molar-refractivity contribution in [2.75, 3.05) is 13.2 Å². The number of rotatable bonds is 17. The van der Waals surface area contributed by atoms with E-state index in [9.17, 15) is 9.18 Å². The predicted octanol–water partition coefficient (Wildman–Crippen LogP) is 8.25. The summed E-state index contributed by atoms with van der Waals surface area (Å²) in [4.78, 5) is 13.0. The molecule has 1 aromatic carbocycles. The molecule has 0 aromatic heterocycles. The second-order valence-electron chi connectivity index (χ2n) is 8.82. The van der Waals surface area contributed by atoms with Gasteiger partial charge in [0.05, 0.1) is 0 Å². The van der Waals surface area contributed by atoms with Gasteiger partial charge in [-0.3, -0.25) is 0 Å². The molecule has 3 nitrogen and oxygen atoms in total. The number of carbonyl (C=O) groups is 1. The van der Waals surface area contributed by atoms with Gasteiger partial charge in [-0.15, -0.1) is 0 Å². The summed E-state index contributed by atoms with van der Waals surface area (Å²) in [7, 11) is 0. The van der Waals surface area contributed by atoms with Crippen LogP contribution in [0.15, 0.2) is 33.4 Å². The van der Waals surface area contributed by atoms with Crippen LogP contribution < -0.4 is 4.74 Å². The number of hydrogen-bond donors (Lipinski definition) is 0. The first-order valence-electron chi connectivity index (χ1n) is 12.7. The number of hydrogen-bond acceptors (Lipinski definition) is 3. The molecule has 0 spiro atoms. The average molecular weight is 555 g/mol. The first-order chi connectivity index (χ1) is 15.4. The van der Waals surface area contributed by atoms with Gasteiger partial charge in [0.2, 0.25) is 0 Å². The van der Waals surface area contributed by atoms with Gasteiger partial charge in [0.25, 0.3) is 0 Å². The molecule has 0 fully saturated rings. The summed E-state index contributed by atoms with van der Waals surface area (Å²) >= 11 is -2.68. The number of halogens is 1. The number of unbranched alkanes of at least 4 members (excludes halogenated alkanes) is 3. The molecule has 0 unspecified atom stereocenters. The van der Waals surface area contributed by atoms with E-state index in [2.05, 4.69) is 27.7 Å². The third kappa shape index (κ3) is 9.84. The average Bonchev–Trinajstić information content (AvgIpc) is 2.79. The molecule has 182 valence electrons. The van der Waals surface area contributed by atoms with Crippen LogP contribution in [0.25, 0.3) is 0 Å². The van der Waals surface area contributed by atoms with E-state index >= 15 is 0 Å².